The number of halogens is 1. The van der Waals surface area contributed by atoms with Crippen LogP contribution in [-0.2, 0) is 6.54 Å². The van der Waals surface area contributed by atoms with Gasteiger partial charge < -0.3 is 10.2 Å². The van der Waals surface area contributed by atoms with E-state index in [9.17, 15) is 0 Å². The van der Waals surface area contributed by atoms with Gasteiger partial charge in [0.2, 0.25) is 0 Å². The number of rotatable bonds is 7. The van der Waals surface area contributed by atoms with Crippen molar-refractivity contribution in [1.82, 2.24) is 5.32 Å². The fourth-order valence-corrected chi connectivity index (χ4v) is 2.46. The standard InChI is InChI=1S/C13H21BrN2S/c1-4-15-10-11-5-6-12(14)9-13(11)16(2)7-8-17-3/h5-6,9,15H,4,7-8,10H2,1-3H3. The maximum Gasteiger partial charge on any atom is 0.0420 e. The lowest BCUT2D eigenvalue weighted by molar-refractivity contribution is 0.724. The van der Waals surface area contributed by atoms with Gasteiger partial charge in [0.15, 0.2) is 0 Å². The van der Waals surface area contributed by atoms with Crippen LogP contribution in [0.3, 0.4) is 0 Å². The van der Waals surface area contributed by atoms with Crippen LogP contribution in [-0.4, -0.2) is 32.1 Å². The van der Waals surface area contributed by atoms with Crippen LogP contribution >= 0.6 is 27.7 Å². The predicted molar refractivity (Wildman–Crippen MR) is 83.2 cm³/mol. The van der Waals surface area contributed by atoms with Gasteiger partial charge in [-0.05, 0) is 30.5 Å². The fraction of sp³-hybridized carbons (Fsp3) is 0.538. The van der Waals surface area contributed by atoms with Crippen LogP contribution in [0.1, 0.15) is 12.5 Å². The van der Waals surface area contributed by atoms with E-state index in [1.807, 2.05) is 11.8 Å². The zero-order chi connectivity index (χ0) is 12.7. The predicted octanol–water partition coefficient (Wildman–Crippen LogP) is 3.36. The van der Waals surface area contributed by atoms with E-state index in [-0.39, 0.29) is 0 Å². The van der Waals surface area contributed by atoms with Gasteiger partial charge in [0.1, 0.15) is 0 Å². The Bertz CT molecular complexity index is 344. The highest BCUT2D eigenvalue weighted by atomic mass is 79.9. The molecule has 0 aliphatic rings. The molecule has 1 N–H and O–H groups in total. The zero-order valence-corrected chi connectivity index (χ0v) is 13.2. The van der Waals surface area contributed by atoms with E-state index < -0.39 is 0 Å². The van der Waals surface area contributed by atoms with Crippen molar-refractivity contribution >= 4 is 33.4 Å². The Morgan fingerprint density at radius 3 is 2.82 bits per heavy atom. The first-order chi connectivity index (χ1) is 8.19. The van der Waals surface area contributed by atoms with Crippen molar-refractivity contribution in [2.24, 2.45) is 0 Å². The Kier molecular flexibility index (Phi) is 7.00. The molecule has 0 spiro atoms. The molecule has 0 aliphatic carbocycles. The molecule has 96 valence electrons. The van der Waals surface area contributed by atoms with Crippen molar-refractivity contribution in [3.63, 3.8) is 0 Å². The molecular weight excluding hydrogens is 296 g/mol. The van der Waals surface area contributed by atoms with Gasteiger partial charge in [-0.25, -0.2) is 0 Å². The number of nitrogens with zero attached hydrogens (tertiary/aromatic N) is 1. The summed E-state index contributed by atoms with van der Waals surface area (Å²) in [6, 6.07) is 6.50. The second-order valence-electron chi connectivity index (χ2n) is 3.97. The monoisotopic (exact) mass is 316 g/mol. The average Bonchev–Trinajstić information content (AvgIpc) is 2.34. The number of thioether (sulfide) groups is 1. The SMILES string of the molecule is CCNCc1ccc(Br)cc1N(C)CCSC. The van der Waals surface area contributed by atoms with Crippen molar-refractivity contribution in [2.45, 2.75) is 13.5 Å². The molecule has 0 aliphatic heterocycles. The summed E-state index contributed by atoms with van der Waals surface area (Å²) in [5.41, 5.74) is 2.67. The molecule has 0 saturated carbocycles. The lowest BCUT2D eigenvalue weighted by atomic mass is 10.1. The van der Waals surface area contributed by atoms with Crippen LogP contribution in [0.2, 0.25) is 0 Å². The normalized spacial score (nSPS) is 10.6. The highest BCUT2D eigenvalue weighted by molar-refractivity contribution is 9.10. The van der Waals surface area contributed by atoms with Gasteiger partial charge in [0, 0.05) is 36.1 Å². The summed E-state index contributed by atoms with van der Waals surface area (Å²) in [6.07, 6.45) is 2.15. The summed E-state index contributed by atoms with van der Waals surface area (Å²) >= 11 is 5.43. The lowest BCUT2D eigenvalue weighted by Gasteiger charge is -2.22. The van der Waals surface area contributed by atoms with Crippen molar-refractivity contribution in [3.8, 4) is 0 Å². The Hall–Kier alpha value is -0.190. The first-order valence-electron chi connectivity index (χ1n) is 5.88. The van der Waals surface area contributed by atoms with Crippen molar-refractivity contribution < 1.29 is 0 Å². The summed E-state index contributed by atoms with van der Waals surface area (Å²) < 4.78 is 1.14. The van der Waals surface area contributed by atoms with E-state index >= 15 is 0 Å². The number of anilines is 1. The minimum absolute atomic E-state index is 0.933. The molecule has 1 aromatic rings. The molecule has 0 fully saturated rings. The fourth-order valence-electron chi connectivity index (χ4n) is 1.65. The summed E-state index contributed by atoms with van der Waals surface area (Å²) in [7, 11) is 2.16. The highest BCUT2D eigenvalue weighted by Crippen LogP contribution is 2.24. The lowest BCUT2D eigenvalue weighted by Crippen LogP contribution is -2.23. The number of benzene rings is 1. The van der Waals surface area contributed by atoms with Crippen LogP contribution in [0.25, 0.3) is 0 Å². The molecule has 0 bridgehead atoms. The third kappa shape index (κ3) is 4.90. The quantitative estimate of drug-likeness (QED) is 0.830. The van der Waals surface area contributed by atoms with Gasteiger partial charge in [-0.3, -0.25) is 0 Å². The van der Waals surface area contributed by atoms with Crippen LogP contribution < -0.4 is 10.2 Å². The number of hydrogen-bond donors (Lipinski definition) is 1. The van der Waals surface area contributed by atoms with Gasteiger partial charge in [0.25, 0.3) is 0 Å². The third-order valence-corrected chi connectivity index (χ3v) is 3.74. The molecule has 17 heavy (non-hydrogen) atoms. The zero-order valence-electron chi connectivity index (χ0n) is 10.8. The number of nitrogens with one attached hydrogen (secondary N) is 1. The van der Waals surface area contributed by atoms with Gasteiger partial charge in [0.05, 0.1) is 0 Å². The van der Waals surface area contributed by atoms with E-state index in [0.29, 0.717) is 0 Å². The third-order valence-electron chi connectivity index (χ3n) is 2.65. The van der Waals surface area contributed by atoms with E-state index in [4.69, 9.17) is 0 Å². The van der Waals surface area contributed by atoms with E-state index in [2.05, 4.69) is 64.6 Å². The maximum atomic E-state index is 3.55. The molecule has 0 radical (unpaired) electrons. The first kappa shape index (κ1) is 14.9. The van der Waals surface area contributed by atoms with E-state index in [0.717, 1.165) is 29.9 Å². The molecule has 0 amide bonds. The van der Waals surface area contributed by atoms with Gasteiger partial charge in [-0.1, -0.05) is 28.9 Å². The molecule has 1 aromatic carbocycles. The maximum absolute atomic E-state index is 3.55. The first-order valence-corrected chi connectivity index (χ1v) is 8.07. The molecule has 4 heteroatoms. The Morgan fingerprint density at radius 1 is 1.41 bits per heavy atom. The molecule has 0 unspecified atom stereocenters. The van der Waals surface area contributed by atoms with Crippen LogP contribution in [0.4, 0.5) is 5.69 Å². The summed E-state index contributed by atoms with van der Waals surface area (Å²) in [5.74, 6) is 1.16. The Morgan fingerprint density at radius 2 is 2.18 bits per heavy atom. The smallest absolute Gasteiger partial charge is 0.0420 e. The van der Waals surface area contributed by atoms with Crippen LogP contribution in [0.5, 0.6) is 0 Å². The second-order valence-corrected chi connectivity index (χ2v) is 5.87. The molecular formula is C13H21BrN2S. The van der Waals surface area contributed by atoms with E-state index in [1.54, 1.807) is 0 Å². The Labute approximate surface area is 117 Å². The molecule has 0 saturated heterocycles. The molecule has 2 nitrogen and oxygen atoms in total. The molecule has 1 rings (SSSR count). The van der Waals surface area contributed by atoms with Crippen molar-refractivity contribution in [1.29, 1.82) is 0 Å². The summed E-state index contributed by atoms with van der Waals surface area (Å²) in [5, 5.41) is 3.39. The topological polar surface area (TPSA) is 15.3 Å². The number of hydrogen-bond acceptors (Lipinski definition) is 3. The molecule has 0 aromatic heterocycles. The van der Waals surface area contributed by atoms with Crippen molar-refractivity contribution in [3.05, 3.63) is 28.2 Å². The summed E-state index contributed by atoms with van der Waals surface area (Å²) in [6.45, 7) is 5.15. The highest BCUT2D eigenvalue weighted by Gasteiger charge is 2.07. The second kappa shape index (κ2) is 8.01. The largest absolute Gasteiger partial charge is 0.373 e. The van der Waals surface area contributed by atoms with Gasteiger partial charge >= 0.3 is 0 Å². The van der Waals surface area contributed by atoms with Crippen molar-refractivity contribution in [2.75, 3.05) is 37.0 Å². The molecule has 0 heterocycles. The van der Waals surface area contributed by atoms with Crippen LogP contribution in [0, 0.1) is 0 Å². The minimum Gasteiger partial charge on any atom is -0.373 e. The van der Waals surface area contributed by atoms with Gasteiger partial charge in [-0.2, -0.15) is 11.8 Å². The molecule has 0 atom stereocenters. The van der Waals surface area contributed by atoms with Crippen LogP contribution in [0.15, 0.2) is 22.7 Å². The van der Waals surface area contributed by atoms with Gasteiger partial charge in [-0.15, -0.1) is 0 Å². The average molecular weight is 317 g/mol. The minimum atomic E-state index is 0.933. The van der Waals surface area contributed by atoms with E-state index in [1.165, 1.54) is 11.3 Å². The Balaban J connectivity index is 2.81. The summed E-state index contributed by atoms with van der Waals surface area (Å²) in [4.78, 5) is 2.33.